The molecule has 1 saturated heterocycles. The number of likely N-dealkylation sites (tertiary alicyclic amines) is 1. The molecule has 2 heterocycles. The van der Waals surface area contributed by atoms with Crippen molar-refractivity contribution in [3.05, 3.63) is 12.4 Å². The average Bonchev–Trinajstić information content (AvgIpc) is 2.98. The molecule has 1 atom stereocenters. The van der Waals surface area contributed by atoms with Gasteiger partial charge >= 0.3 is 5.97 Å². The van der Waals surface area contributed by atoms with Crippen molar-refractivity contribution in [2.24, 2.45) is 5.92 Å². The zero-order valence-corrected chi connectivity index (χ0v) is 13.0. The first-order chi connectivity index (χ1) is 9.79. The number of hydrogen-bond acceptors (Lipinski definition) is 5. The van der Waals surface area contributed by atoms with Gasteiger partial charge in [0.25, 0.3) is 0 Å². The fourth-order valence-corrected chi connectivity index (χ4v) is 3.72. The van der Waals surface area contributed by atoms with Crippen LogP contribution in [0.3, 0.4) is 0 Å². The topological polar surface area (TPSA) is 95.7 Å². The summed E-state index contributed by atoms with van der Waals surface area (Å²) in [4.78, 5) is 12.8. The molecule has 0 aliphatic carbocycles. The standard InChI is InChI=1S/C12H20N4O4S/c1-14-4-3-10(6-14)7-15(2)21(19,20)11-5-13-16(8-11)9-12(17)18/h5,8,10H,3-4,6-7,9H2,1-2H3,(H,17,18). The predicted molar refractivity (Wildman–Crippen MR) is 75.3 cm³/mol. The first kappa shape index (κ1) is 15.9. The van der Waals surface area contributed by atoms with E-state index in [4.69, 9.17) is 5.11 Å². The lowest BCUT2D eigenvalue weighted by Gasteiger charge is -2.20. The van der Waals surface area contributed by atoms with Gasteiger partial charge in [0.2, 0.25) is 10.0 Å². The zero-order chi connectivity index (χ0) is 15.6. The Morgan fingerprint density at radius 2 is 2.29 bits per heavy atom. The molecule has 1 aromatic heterocycles. The van der Waals surface area contributed by atoms with E-state index in [1.165, 1.54) is 16.7 Å². The number of carboxylic acids is 1. The Morgan fingerprint density at radius 1 is 1.57 bits per heavy atom. The highest BCUT2D eigenvalue weighted by atomic mass is 32.2. The fourth-order valence-electron chi connectivity index (χ4n) is 2.52. The molecule has 8 nitrogen and oxygen atoms in total. The highest BCUT2D eigenvalue weighted by Crippen LogP contribution is 2.19. The number of sulfonamides is 1. The number of rotatable bonds is 6. The molecule has 21 heavy (non-hydrogen) atoms. The monoisotopic (exact) mass is 316 g/mol. The minimum Gasteiger partial charge on any atom is -0.480 e. The van der Waals surface area contributed by atoms with E-state index in [2.05, 4.69) is 10.00 Å². The highest BCUT2D eigenvalue weighted by Gasteiger charge is 2.28. The van der Waals surface area contributed by atoms with Crippen molar-refractivity contribution in [3.63, 3.8) is 0 Å². The van der Waals surface area contributed by atoms with Crippen LogP contribution in [-0.4, -0.2) is 72.2 Å². The van der Waals surface area contributed by atoms with Crippen LogP contribution in [0.4, 0.5) is 0 Å². The van der Waals surface area contributed by atoms with Crippen LogP contribution in [-0.2, 0) is 21.4 Å². The van der Waals surface area contributed by atoms with Crippen molar-refractivity contribution < 1.29 is 18.3 Å². The SMILES string of the molecule is CN1CCC(CN(C)S(=O)(=O)c2cnn(CC(=O)O)c2)C1. The molecule has 9 heteroatoms. The molecule has 1 aromatic rings. The van der Waals surface area contributed by atoms with Crippen LogP contribution in [0.1, 0.15) is 6.42 Å². The van der Waals surface area contributed by atoms with Gasteiger partial charge in [0, 0.05) is 26.3 Å². The normalized spacial score (nSPS) is 20.2. The van der Waals surface area contributed by atoms with Crippen LogP contribution < -0.4 is 0 Å². The minimum absolute atomic E-state index is 0.0256. The van der Waals surface area contributed by atoms with Crippen molar-refractivity contribution >= 4 is 16.0 Å². The summed E-state index contributed by atoms with van der Waals surface area (Å²) in [5, 5.41) is 12.4. The largest absolute Gasteiger partial charge is 0.480 e. The van der Waals surface area contributed by atoms with E-state index in [-0.39, 0.29) is 11.4 Å². The van der Waals surface area contributed by atoms with E-state index >= 15 is 0 Å². The lowest BCUT2D eigenvalue weighted by Crippen LogP contribution is -2.32. The Kier molecular flexibility index (Phi) is 4.64. The summed E-state index contributed by atoms with van der Waals surface area (Å²) in [5.74, 6) is -0.742. The molecule has 2 rings (SSSR count). The second-order valence-corrected chi connectivity index (χ2v) is 7.51. The van der Waals surface area contributed by atoms with E-state index in [0.717, 1.165) is 24.2 Å². The number of hydrogen-bond donors (Lipinski definition) is 1. The van der Waals surface area contributed by atoms with Gasteiger partial charge in [-0.2, -0.15) is 5.10 Å². The van der Waals surface area contributed by atoms with E-state index in [9.17, 15) is 13.2 Å². The number of carboxylic acid groups (broad SMARTS) is 1. The van der Waals surface area contributed by atoms with Gasteiger partial charge in [-0.3, -0.25) is 9.48 Å². The summed E-state index contributed by atoms with van der Waals surface area (Å²) >= 11 is 0. The Hall–Kier alpha value is -1.45. The highest BCUT2D eigenvalue weighted by molar-refractivity contribution is 7.89. The lowest BCUT2D eigenvalue weighted by atomic mass is 10.1. The third-order valence-corrected chi connectivity index (χ3v) is 5.40. The first-order valence-corrected chi connectivity index (χ1v) is 8.12. The quantitative estimate of drug-likeness (QED) is 0.763. The minimum atomic E-state index is -3.62. The maximum absolute atomic E-state index is 12.4. The number of aromatic nitrogens is 2. The smallest absolute Gasteiger partial charge is 0.325 e. The van der Waals surface area contributed by atoms with Crippen LogP contribution >= 0.6 is 0 Å². The molecular formula is C12H20N4O4S. The molecule has 0 saturated carbocycles. The predicted octanol–water partition coefficient (Wildman–Crippen LogP) is -0.460. The third kappa shape index (κ3) is 3.80. The Bertz CT molecular complexity index is 613. The molecule has 0 bridgehead atoms. The van der Waals surface area contributed by atoms with Crippen LogP contribution in [0.15, 0.2) is 17.3 Å². The van der Waals surface area contributed by atoms with Gasteiger partial charge in [-0.05, 0) is 25.9 Å². The Balaban J connectivity index is 2.06. The van der Waals surface area contributed by atoms with Crippen molar-refractivity contribution in [1.82, 2.24) is 19.0 Å². The molecule has 0 aromatic carbocycles. The van der Waals surface area contributed by atoms with Gasteiger partial charge in [-0.1, -0.05) is 0 Å². The van der Waals surface area contributed by atoms with Crippen molar-refractivity contribution in [2.45, 2.75) is 17.9 Å². The third-order valence-electron chi connectivity index (χ3n) is 3.62. The molecular weight excluding hydrogens is 296 g/mol. The fraction of sp³-hybridized carbons (Fsp3) is 0.667. The molecule has 1 aliphatic rings. The van der Waals surface area contributed by atoms with Crippen LogP contribution in [0.2, 0.25) is 0 Å². The summed E-state index contributed by atoms with van der Waals surface area (Å²) in [5.41, 5.74) is 0. The first-order valence-electron chi connectivity index (χ1n) is 6.68. The zero-order valence-electron chi connectivity index (χ0n) is 12.1. The summed E-state index contributed by atoms with van der Waals surface area (Å²) in [6, 6.07) is 0. The van der Waals surface area contributed by atoms with Crippen molar-refractivity contribution in [1.29, 1.82) is 0 Å². The summed E-state index contributed by atoms with van der Waals surface area (Å²) in [7, 11) is -0.0582. The number of nitrogens with zero attached hydrogens (tertiary/aromatic N) is 4. The van der Waals surface area contributed by atoms with Gasteiger partial charge in [-0.15, -0.1) is 0 Å². The molecule has 1 unspecified atom stereocenters. The second kappa shape index (κ2) is 6.12. The average molecular weight is 316 g/mol. The molecule has 0 radical (unpaired) electrons. The van der Waals surface area contributed by atoms with Gasteiger partial charge in [-0.25, -0.2) is 12.7 Å². The Labute approximate surface area is 124 Å². The molecule has 1 aliphatic heterocycles. The van der Waals surface area contributed by atoms with E-state index < -0.39 is 16.0 Å². The molecule has 0 spiro atoms. The van der Waals surface area contributed by atoms with E-state index in [1.54, 1.807) is 7.05 Å². The summed E-state index contributed by atoms with van der Waals surface area (Å²) in [6.45, 7) is 1.97. The second-order valence-electron chi connectivity index (χ2n) is 5.47. The van der Waals surface area contributed by atoms with E-state index in [0.29, 0.717) is 12.5 Å². The number of carbonyl (C=O) groups is 1. The maximum atomic E-state index is 12.4. The molecule has 118 valence electrons. The molecule has 1 N–H and O–H groups in total. The van der Waals surface area contributed by atoms with Crippen molar-refractivity contribution in [2.75, 3.05) is 33.7 Å². The Morgan fingerprint density at radius 3 is 2.86 bits per heavy atom. The van der Waals surface area contributed by atoms with Crippen LogP contribution in [0.5, 0.6) is 0 Å². The summed E-state index contributed by atoms with van der Waals surface area (Å²) < 4.78 is 27.2. The van der Waals surface area contributed by atoms with Gasteiger partial charge < -0.3 is 10.0 Å². The van der Waals surface area contributed by atoms with E-state index in [1.807, 2.05) is 7.05 Å². The number of aliphatic carboxylic acids is 1. The van der Waals surface area contributed by atoms with Crippen LogP contribution in [0.25, 0.3) is 0 Å². The van der Waals surface area contributed by atoms with Gasteiger partial charge in [0.15, 0.2) is 0 Å². The maximum Gasteiger partial charge on any atom is 0.325 e. The van der Waals surface area contributed by atoms with Crippen LogP contribution in [0, 0.1) is 5.92 Å². The van der Waals surface area contributed by atoms with Gasteiger partial charge in [0.1, 0.15) is 11.4 Å². The molecule has 1 fully saturated rings. The lowest BCUT2D eigenvalue weighted by molar-refractivity contribution is -0.137. The van der Waals surface area contributed by atoms with Gasteiger partial charge in [0.05, 0.1) is 6.20 Å². The van der Waals surface area contributed by atoms with Crippen molar-refractivity contribution in [3.8, 4) is 0 Å². The molecule has 0 amide bonds. The summed E-state index contributed by atoms with van der Waals surface area (Å²) in [6.07, 6.45) is 3.42.